The number of methoxy groups -OCH3 is 1. The number of hydrogen-bond acceptors (Lipinski definition) is 3. The molecule has 0 radical (unpaired) electrons. The number of para-hydroxylation sites is 2. The van der Waals surface area contributed by atoms with E-state index in [0.717, 1.165) is 28.3 Å². The van der Waals surface area contributed by atoms with E-state index in [9.17, 15) is 0 Å². The monoisotopic (exact) mass is 312 g/mol. The van der Waals surface area contributed by atoms with Crippen molar-refractivity contribution in [2.45, 2.75) is 6.54 Å². The minimum absolute atomic E-state index is 0.538. The maximum atomic E-state index is 5.28. The van der Waals surface area contributed by atoms with E-state index in [2.05, 4.69) is 20.6 Å². The first kappa shape index (κ1) is 14.3. The van der Waals surface area contributed by atoms with Crippen molar-refractivity contribution in [3.8, 4) is 5.75 Å². The Hall–Kier alpha value is -2.60. The highest BCUT2D eigenvalue weighted by atomic mass is 32.1. The third-order valence-electron chi connectivity index (χ3n) is 3.20. The SMILES string of the molecule is COc1ccc(NC(=S)NCc2nc3ccccc3[nH]2)cc1. The van der Waals surface area contributed by atoms with Crippen LogP contribution in [0.15, 0.2) is 48.5 Å². The van der Waals surface area contributed by atoms with Crippen molar-refractivity contribution in [2.24, 2.45) is 0 Å². The van der Waals surface area contributed by atoms with Crippen molar-refractivity contribution in [2.75, 3.05) is 12.4 Å². The highest BCUT2D eigenvalue weighted by molar-refractivity contribution is 7.80. The molecule has 0 bridgehead atoms. The number of H-pyrrole nitrogens is 1. The van der Waals surface area contributed by atoms with Gasteiger partial charge in [-0.05, 0) is 48.6 Å². The van der Waals surface area contributed by atoms with Crippen LogP contribution in [0, 0.1) is 0 Å². The molecule has 0 saturated carbocycles. The summed E-state index contributed by atoms with van der Waals surface area (Å²) in [6.45, 7) is 0.538. The molecular formula is C16H16N4OS. The topological polar surface area (TPSA) is 62.0 Å². The summed E-state index contributed by atoms with van der Waals surface area (Å²) in [6.07, 6.45) is 0. The van der Waals surface area contributed by atoms with E-state index in [1.807, 2.05) is 48.5 Å². The summed E-state index contributed by atoms with van der Waals surface area (Å²) in [7, 11) is 1.64. The van der Waals surface area contributed by atoms with Crippen LogP contribution in [-0.4, -0.2) is 22.2 Å². The van der Waals surface area contributed by atoms with Gasteiger partial charge in [0.1, 0.15) is 11.6 Å². The number of thiocarbonyl (C=S) groups is 1. The van der Waals surface area contributed by atoms with Gasteiger partial charge in [0, 0.05) is 5.69 Å². The Morgan fingerprint density at radius 3 is 2.68 bits per heavy atom. The molecular weight excluding hydrogens is 296 g/mol. The second-order valence-corrected chi connectivity index (χ2v) is 5.15. The number of imidazole rings is 1. The Labute approximate surface area is 133 Å². The second kappa shape index (κ2) is 6.44. The highest BCUT2D eigenvalue weighted by Gasteiger charge is 2.03. The Balaban J connectivity index is 1.57. The number of nitrogens with zero attached hydrogens (tertiary/aromatic N) is 1. The molecule has 0 fully saturated rings. The lowest BCUT2D eigenvalue weighted by Crippen LogP contribution is -2.28. The molecule has 3 rings (SSSR count). The first-order chi connectivity index (χ1) is 10.7. The van der Waals surface area contributed by atoms with E-state index >= 15 is 0 Å². The van der Waals surface area contributed by atoms with Gasteiger partial charge in [-0.25, -0.2) is 4.98 Å². The quantitative estimate of drug-likeness (QED) is 0.646. The van der Waals surface area contributed by atoms with Gasteiger partial charge in [-0.2, -0.15) is 0 Å². The molecule has 1 heterocycles. The van der Waals surface area contributed by atoms with Gasteiger partial charge < -0.3 is 20.4 Å². The van der Waals surface area contributed by atoms with Crippen LogP contribution in [0.4, 0.5) is 5.69 Å². The lowest BCUT2D eigenvalue weighted by Gasteiger charge is -2.09. The number of hydrogen-bond donors (Lipinski definition) is 3. The lowest BCUT2D eigenvalue weighted by molar-refractivity contribution is 0.415. The normalized spacial score (nSPS) is 10.4. The number of aromatic amines is 1. The minimum Gasteiger partial charge on any atom is -0.497 e. The molecule has 6 heteroatoms. The molecule has 0 saturated heterocycles. The Morgan fingerprint density at radius 2 is 1.95 bits per heavy atom. The molecule has 3 aromatic rings. The molecule has 0 aliphatic carbocycles. The number of ether oxygens (including phenoxy) is 1. The van der Waals surface area contributed by atoms with Crippen molar-refractivity contribution >= 4 is 34.1 Å². The first-order valence-electron chi connectivity index (χ1n) is 6.87. The fourth-order valence-corrected chi connectivity index (χ4v) is 2.29. The number of benzene rings is 2. The van der Waals surface area contributed by atoms with Gasteiger partial charge in [0.15, 0.2) is 5.11 Å². The predicted octanol–water partition coefficient (Wildman–Crippen LogP) is 3.06. The van der Waals surface area contributed by atoms with E-state index in [1.165, 1.54) is 0 Å². The fourth-order valence-electron chi connectivity index (χ4n) is 2.10. The smallest absolute Gasteiger partial charge is 0.171 e. The number of rotatable bonds is 4. The van der Waals surface area contributed by atoms with Gasteiger partial charge in [-0.15, -0.1) is 0 Å². The number of nitrogens with one attached hydrogen (secondary N) is 3. The van der Waals surface area contributed by atoms with E-state index in [4.69, 9.17) is 17.0 Å². The molecule has 3 N–H and O–H groups in total. The van der Waals surface area contributed by atoms with Gasteiger partial charge in [0.05, 0.1) is 24.7 Å². The van der Waals surface area contributed by atoms with E-state index in [0.29, 0.717) is 11.7 Å². The van der Waals surface area contributed by atoms with Gasteiger partial charge in [0.2, 0.25) is 0 Å². The van der Waals surface area contributed by atoms with Crippen molar-refractivity contribution in [1.29, 1.82) is 0 Å². The molecule has 0 aliphatic heterocycles. The Kier molecular flexibility index (Phi) is 4.20. The Morgan fingerprint density at radius 1 is 1.18 bits per heavy atom. The van der Waals surface area contributed by atoms with Crippen LogP contribution < -0.4 is 15.4 Å². The average molecular weight is 312 g/mol. The maximum absolute atomic E-state index is 5.28. The van der Waals surface area contributed by atoms with Crippen molar-refractivity contribution in [3.05, 3.63) is 54.4 Å². The molecule has 1 aromatic heterocycles. The lowest BCUT2D eigenvalue weighted by atomic mass is 10.3. The highest BCUT2D eigenvalue weighted by Crippen LogP contribution is 2.15. The minimum atomic E-state index is 0.538. The largest absolute Gasteiger partial charge is 0.497 e. The van der Waals surface area contributed by atoms with Crippen molar-refractivity contribution < 1.29 is 4.74 Å². The summed E-state index contributed by atoms with van der Waals surface area (Å²) in [5.74, 6) is 1.66. The van der Waals surface area contributed by atoms with Crippen LogP contribution in [-0.2, 0) is 6.54 Å². The Bertz CT molecular complexity index is 749. The molecule has 0 aliphatic rings. The van der Waals surface area contributed by atoms with Crippen LogP contribution in [0.1, 0.15) is 5.82 Å². The maximum Gasteiger partial charge on any atom is 0.171 e. The van der Waals surface area contributed by atoms with Gasteiger partial charge in [-0.1, -0.05) is 12.1 Å². The van der Waals surface area contributed by atoms with E-state index in [1.54, 1.807) is 7.11 Å². The van der Waals surface area contributed by atoms with Crippen LogP contribution in [0.3, 0.4) is 0 Å². The molecule has 0 unspecified atom stereocenters. The molecule has 112 valence electrons. The van der Waals surface area contributed by atoms with Crippen LogP contribution >= 0.6 is 12.2 Å². The summed E-state index contributed by atoms with van der Waals surface area (Å²) < 4.78 is 5.12. The third-order valence-corrected chi connectivity index (χ3v) is 3.45. The van der Waals surface area contributed by atoms with E-state index in [-0.39, 0.29) is 0 Å². The van der Waals surface area contributed by atoms with Gasteiger partial charge in [0.25, 0.3) is 0 Å². The predicted molar refractivity (Wildman–Crippen MR) is 92.1 cm³/mol. The summed E-state index contributed by atoms with van der Waals surface area (Å²) in [4.78, 5) is 7.74. The fraction of sp³-hybridized carbons (Fsp3) is 0.125. The summed E-state index contributed by atoms with van der Waals surface area (Å²) in [6, 6.07) is 15.5. The molecule has 0 spiro atoms. The second-order valence-electron chi connectivity index (χ2n) is 4.74. The first-order valence-corrected chi connectivity index (χ1v) is 7.28. The summed E-state index contributed by atoms with van der Waals surface area (Å²) in [5.41, 5.74) is 2.88. The van der Waals surface area contributed by atoms with Crippen LogP contribution in [0.5, 0.6) is 5.75 Å². The molecule has 2 aromatic carbocycles. The standard InChI is InChI=1S/C16H16N4OS/c1-21-12-8-6-11(7-9-12)18-16(22)17-10-15-19-13-4-2-3-5-14(13)20-15/h2-9H,10H2,1H3,(H,19,20)(H2,17,18,22). The zero-order valence-electron chi connectivity index (χ0n) is 12.1. The molecule has 0 atom stereocenters. The average Bonchev–Trinajstić information content (AvgIpc) is 2.96. The number of fused-ring (bicyclic) bond motifs is 1. The zero-order valence-corrected chi connectivity index (χ0v) is 12.9. The van der Waals surface area contributed by atoms with Crippen LogP contribution in [0.25, 0.3) is 11.0 Å². The van der Waals surface area contributed by atoms with Crippen molar-refractivity contribution in [3.63, 3.8) is 0 Å². The van der Waals surface area contributed by atoms with Gasteiger partial charge in [-0.3, -0.25) is 0 Å². The van der Waals surface area contributed by atoms with E-state index < -0.39 is 0 Å². The van der Waals surface area contributed by atoms with Gasteiger partial charge >= 0.3 is 0 Å². The third kappa shape index (κ3) is 3.35. The van der Waals surface area contributed by atoms with Crippen molar-refractivity contribution in [1.82, 2.24) is 15.3 Å². The zero-order chi connectivity index (χ0) is 15.4. The molecule has 5 nitrogen and oxygen atoms in total. The molecule has 0 amide bonds. The molecule has 22 heavy (non-hydrogen) atoms. The summed E-state index contributed by atoms with van der Waals surface area (Å²) >= 11 is 5.28. The van der Waals surface area contributed by atoms with Crippen LogP contribution in [0.2, 0.25) is 0 Å². The number of anilines is 1. The summed E-state index contributed by atoms with van der Waals surface area (Å²) in [5, 5.41) is 6.80. The number of aromatic nitrogens is 2.